The average Bonchev–Trinajstić information content (AvgIpc) is 3.31. The fraction of sp³-hybridized carbons (Fsp3) is 0.733. The molecule has 2 N–H and O–H groups in total. The predicted octanol–water partition coefficient (Wildman–Crippen LogP) is 2.47. The Labute approximate surface area is 130 Å². The molecule has 0 bridgehead atoms. The minimum atomic E-state index is -3.36. The maximum absolute atomic E-state index is 12.7. The summed E-state index contributed by atoms with van der Waals surface area (Å²) < 4.78 is 28.4. The van der Waals surface area contributed by atoms with Gasteiger partial charge in [-0.25, -0.2) is 13.1 Å². The number of hydrogen-bond donors (Lipinski definition) is 2. The summed E-state index contributed by atoms with van der Waals surface area (Å²) in [5, 5.41) is 5.30. The van der Waals surface area contributed by atoms with Crippen molar-refractivity contribution >= 4 is 21.4 Å². The zero-order valence-corrected chi connectivity index (χ0v) is 13.7. The lowest BCUT2D eigenvalue weighted by atomic mass is 10.1. The molecule has 1 aromatic heterocycles. The van der Waals surface area contributed by atoms with E-state index in [9.17, 15) is 8.42 Å². The Bertz CT molecular complexity index is 601. The maximum atomic E-state index is 12.7. The van der Waals surface area contributed by atoms with Crippen LogP contribution in [0, 0.1) is 11.8 Å². The Morgan fingerprint density at radius 3 is 2.38 bits per heavy atom. The summed E-state index contributed by atoms with van der Waals surface area (Å²) in [6, 6.07) is 2.54. The second-order valence-corrected chi connectivity index (χ2v) is 9.37. The molecule has 0 radical (unpaired) electrons. The van der Waals surface area contributed by atoms with Crippen molar-refractivity contribution in [1.29, 1.82) is 0 Å². The van der Waals surface area contributed by atoms with Crippen LogP contribution in [0.15, 0.2) is 16.3 Å². The monoisotopic (exact) mass is 326 g/mol. The third kappa shape index (κ3) is 3.33. The van der Waals surface area contributed by atoms with Crippen LogP contribution in [0.4, 0.5) is 0 Å². The third-order valence-electron chi connectivity index (χ3n) is 4.67. The lowest BCUT2D eigenvalue weighted by Crippen LogP contribution is -2.38. The minimum Gasteiger partial charge on any atom is -0.309 e. The molecule has 4 rings (SSSR count). The van der Waals surface area contributed by atoms with Crippen molar-refractivity contribution in [3.8, 4) is 0 Å². The Kier molecular flexibility index (Phi) is 3.60. The van der Waals surface area contributed by atoms with E-state index in [1.54, 1.807) is 6.07 Å². The first-order valence-electron chi connectivity index (χ1n) is 7.95. The van der Waals surface area contributed by atoms with Crippen LogP contribution in [-0.2, 0) is 16.6 Å². The second kappa shape index (κ2) is 5.33. The zero-order valence-electron chi connectivity index (χ0n) is 12.0. The van der Waals surface area contributed by atoms with Crippen molar-refractivity contribution in [2.45, 2.75) is 62.0 Å². The highest BCUT2D eigenvalue weighted by Crippen LogP contribution is 2.45. The molecule has 116 valence electrons. The largest absolute Gasteiger partial charge is 0.309 e. The number of rotatable bonds is 8. The Morgan fingerprint density at radius 2 is 1.81 bits per heavy atom. The van der Waals surface area contributed by atoms with Gasteiger partial charge in [-0.2, -0.15) is 0 Å². The molecule has 3 fully saturated rings. The van der Waals surface area contributed by atoms with Gasteiger partial charge in [-0.3, -0.25) is 0 Å². The molecule has 0 unspecified atom stereocenters. The molecule has 0 spiro atoms. The first-order chi connectivity index (χ1) is 10.1. The lowest BCUT2D eigenvalue weighted by Gasteiger charge is -2.18. The molecule has 3 aliphatic carbocycles. The van der Waals surface area contributed by atoms with Crippen LogP contribution in [0.2, 0.25) is 0 Å². The number of hydrogen-bond acceptors (Lipinski definition) is 4. The van der Waals surface area contributed by atoms with Gasteiger partial charge in [0.05, 0.1) is 4.90 Å². The molecule has 3 aliphatic rings. The summed E-state index contributed by atoms with van der Waals surface area (Å²) >= 11 is 1.54. The summed E-state index contributed by atoms with van der Waals surface area (Å²) in [4.78, 5) is 1.44. The molecule has 3 saturated carbocycles. The highest BCUT2D eigenvalue weighted by atomic mass is 32.2. The molecular formula is C15H22N2O2S2. The second-order valence-electron chi connectivity index (χ2n) is 6.69. The number of nitrogens with one attached hydrogen (secondary N) is 2. The molecule has 0 aliphatic heterocycles. The van der Waals surface area contributed by atoms with Crippen LogP contribution in [0.25, 0.3) is 0 Å². The smallest absolute Gasteiger partial charge is 0.241 e. The molecule has 0 saturated heterocycles. The standard InChI is InChI=1S/C15H22N2O2S2/c18-21(19,17-15(10-1-2-10)11-3-4-11)14-7-8-20-13(14)9-16-12-5-6-12/h7-8,10-12,15-17H,1-6,9H2. The summed E-state index contributed by atoms with van der Waals surface area (Å²) in [5.41, 5.74) is 0. The van der Waals surface area contributed by atoms with Crippen molar-refractivity contribution < 1.29 is 8.42 Å². The molecule has 0 atom stereocenters. The fourth-order valence-electron chi connectivity index (χ4n) is 2.95. The summed E-state index contributed by atoms with van der Waals surface area (Å²) in [5.74, 6) is 1.16. The Hall–Kier alpha value is -0.430. The van der Waals surface area contributed by atoms with Crippen LogP contribution in [-0.4, -0.2) is 20.5 Å². The van der Waals surface area contributed by atoms with Crippen molar-refractivity contribution in [2.24, 2.45) is 11.8 Å². The van der Waals surface area contributed by atoms with E-state index < -0.39 is 10.0 Å². The quantitative estimate of drug-likeness (QED) is 0.771. The van der Waals surface area contributed by atoms with Gasteiger partial charge in [-0.05, 0) is 61.8 Å². The summed E-state index contributed by atoms with van der Waals surface area (Å²) in [6.45, 7) is 0.677. The average molecular weight is 326 g/mol. The van der Waals surface area contributed by atoms with Crippen LogP contribution < -0.4 is 10.0 Å². The fourth-order valence-corrected chi connectivity index (χ4v) is 5.72. The van der Waals surface area contributed by atoms with E-state index in [-0.39, 0.29) is 6.04 Å². The highest BCUT2D eigenvalue weighted by molar-refractivity contribution is 7.89. The van der Waals surface area contributed by atoms with Crippen LogP contribution in [0.1, 0.15) is 43.4 Å². The van der Waals surface area contributed by atoms with Gasteiger partial charge >= 0.3 is 0 Å². The number of thiophene rings is 1. The summed E-state index contributed by atoms with van der Waals surface area (Å²) in [7, 11) is -3.36. The van der Waals surface area contributed by atoms with Crippen molar-refractivity contribution in [3.05, 3.63) is 16.3 Å². The molecule has 0 aromatic carbocycles. The van der Waals surface area contributed by atoms with E-state index in [2.05, 4.69) is 10.0 Å². The van der Waals surface area contributed by atoms with E-state index >= 15 is 0 Å². The minimum absolute atomic E-state index is 0.180. The molecule has 0 amide bonds. The van der Waals surface area contributed by atoms with Crippen molar-refractivity contribution in [1.82, 2.24) is 10.0 Å². The third-order valence-corrected chi connectivity index (χ3v) is 7.27. The normalized spacial score (nSPS) is 22.9. The van der Waals surface area contributed by atoms with Gasteiger partial charge in [0.2, 0.25) is 10.0 Å². The van der Waals surface area contributed by atoms with Gasteiger partial charge in [0.1, 0.15) is 0 Å². The molecular weight excluding hydrogens is 304 g/mol. The SMILES string of the molecule is O=S(=O)(NC(C1CC1)C1CC1)c1ccsc1CNC1CC1. The van der Waals surface area contributed by atoms with Gasteiger partial charge in [0, 0.05) is 23.5 Å². The van der Waals surface area contributed by atoms with E-state index in [0.29, 0.717) is 29.3 Å². The van der Waals surface area contributed by atoms with E-state index in [4.69, 9.17) is 0 Å². The zero-order chi connectivity index (χ0) is 14.4. The number of sulfonamides is 1. The molecule has 1 aromatic rings. The van der Waals surface area contributed by atoms with Gasteiger partial charge in [0.25, 0.3) is 0 Å². The van der Waals surface area contributed by atoms with Gasteiger partial charge < -0.3 is 5.32 Å². The first-order valence-corrected chi connectivity index (χ1v) is 10.3. The molecule has 21 heavy (non-hydrogen) atoms. The van der Waals surface area contributed by atoms with Gasteiger partial charge in [0.15, 0.2) is 0 Å². The van der Waals surface area contributed by atoms with Gasteiger partial charge in [-0.1, -0.05) is 0 Å². The van der Waals surface area contributed by atoms with Crippen LogP contribution in [0.5, 0.6) is 0 Å². The molecule has 1 heterocycles. The first kappa shape index (κ1) is 14.2. The topological polar surface area (TPSA) is 58.2 Å². The van der Waals surface area contributed by atoms with E-state index in [0.717, 1.165) is 4.88 Å². The summed E-state index contributed by atoms with van der Waals surface area (Å²) in [6.07, 6.45) is 7.17. The van der Waals surface area contributed by atoms with Crippen LogP contribution >= 0.6 is 11.3 Å². The Morgan fingerprint density at radius 1 is 1.14 bits per heavy atom. The lowest BCUT2D eigenvalue weighted by molar-refractivity contribution is 0.471. The van der Waals surface area contributed by atoms with Crippen molar-refractivity contribution in [2.75, 3.05) is 0 Å². The predicted molar refractivity (Wildman–Crippen MR) is 83.7 cm³/mol. The van der Waals surface area contributed by atoms with Crippen molar-refractivity contribution in [3.63, 3.8) is 0 Å². The molecule has 6 heteroatoms. The Balaban J connectivity index is 1.48. The van der Waals surface area contributed by atoms with E-state index in [1.807, 2.05) is 5.38 Å². The molecule has 4 nitrogen and oxygen atoms in total. The maximum Gasteiger partial charge on any atom is 0.241 e. The highest BCUT2D eigenvalue weighted by Gasteiger charge is 2.43. The van der Waals surface area contributed by atoms with Crippen LogP contribution in [0.3, 0.4) is 0 Å². The van der Waals surface area contributed by atoms with Gasteiger partial charge in [-0.15, -0.1) is 11.3 Å². The van der Waals surface area contributed by atoms with E-state index in [1.165, 1.54) is 49.9 Å².